The summed E-state index contributed by atoms with van der Waals surface area (Å²) in [6.07, 6.45) is 3.96. The molecule has 0 amide bonds. The molecule has 0 bridgehead atoms. The third kappa shape index (κ3) is 5.24. The summed E-state index contributed by atoms with van der Waals surface area (Å²) in [5, 5.41) is 17.6. The summed E-state index contributed by atoms with van der Waals surface area (Å²) in [5.41, 5.74) is 1.02. The van der Waals surface area contributed by atoms with Crippen LogP contribution in [0.15, 0.2) is 66.3 Å². The average Bonchev–Trinajstić information content (AvgIpc) is 2.64. The highest BCUT2D eigenvalue weighted by Gasteiger charge is 2.14. The molecule has 6 heteroatoms. The van der Waals surface area contributed by atoms with E-state index in [1.807, 2.05) is 30.3 Å². The maximum atomic E-state index is 10.8. The number of benzene rings is 2. The number of aliphatic carboxylic acids is 2. The van der Waals surface area contributed by atoms with Gasteiger partial charge in [-0.2, -0.15) is 0 Å². The van der Waals surface area contributed by atoms with Gasteiger partial charge in [-0.05, 0) is 29.3 Å². The van der Waals surface area contributed by atoms with Crippen LogP contribution in [-0.2, 0) is 16.2 Å². The van der Waals surface area contributed by atoms with Gasteiger partial charge in [-0.15, -0.1) is 0 Å². The Hall–Kier alpha value is -3.54. The third-order valence-electron chi connectivity index (χ3n) is 3.44. The van der Waals surface area contributed by atoms with E-state index in [9.17, 15) is 9.59 Å². The number of hydrogen-bond acceptors (Lipinski definition) is 4. The van der Waals surface area contributed by atoms with Crippen molar-refractivity contribution in [2.75, 3.05) is 7.11 Å². The number of carboxylic acid groups (broad SMARTS) is 2. The Kier molecular flexibility index (Phi) is 6.56. The molecule has 0 saturated carbocycles. The van der Waals surface area contributed by atoms with Gasteiger partial charge < -0.3 is 19.7 Å². The van der Waals surface area contributed by atoms with Crippen molar-refractivity contribution in [2.24, 2.45) is 0 Å². The molecule has 0 heterocycles. The fourth-order valence-electron chi connectivity index (χ4n) is 2.13. The number of hydrogen-bond donors (Lipinski definition) is 2. The Morgan fingerprint density at radius 1 is 1.00 bits per heavy atom. The summed E-state index contributed by atoms with van der Waals surface area (Å²) in [5.74, 6) is -1.90. The molecule has 0 aliphatic heterocycles. The van der Waals surface area contributed by atoms with E-state index in [0.29, 0.717) is 23.7 Å². The highest BCUT2D eigenvalue weighted by atomic mass is 16.5. The van der Waals surface area contributed by atoms with E-state index < -0.39 is 17.5 Å². The molecule has 0 aliphatic carbocycles. The predicted octanol–water partition coefficient (Wildman–Crippen LogP) is 3.38. The fourth-order valence-corrected chi connectivity index (χ4v) is 2.13. The molecule has 0 aliphatic rings. The van der Waals surface area contributed by atoms with Crippen molar-refractivity contribution in [3.8, 4) is 11.5 Å². The number of rotatable bonds is 8. The van der Waals surface area contributed by atoms with Crippen molar-refractivity contribution in [2.45, 2.75) is 6.61 Å². The van der Waals surface area contributed by atoms with Gasteiger partial charge in [0, 0.05) is 0 Å². The van der Waals surface area contributed by atoms with Crippen molar-refractivity contribution in [3.63, 3.8) is 0 Å². The molecule has 2 rings (SSSR count). The lowest BCUT2D eigenvalue weighted by Crippen LogP contribution is -2.10. The van der Waals surface area contributed by atoms with Crippen LogP contribution in [0.2, 0.25) is 0 Å². The molecule has 0 radical (unpaired) electrons. The Balaban J connectivity index is 2.12. The van der Waals surface area contributed by atoms with Crippen molar-refractivity contribution >= 4 is 18.0 Å². The molecule has 0 aromatic heterocycles. The van der Waals surface area contributed by atoms with Gasteiger partial charge >= 0.3 is 11.9 Å². The van der Waals surface area contributed by atoms with Crippen molar-refractivity contribution in [3.05, 3.63) is 77.4 Å². The van der Waals surface area contributed by atoms with Gasteiger partial charge in [-0.25, -0.2) is 9.59 Å². The molecule has 0 saturated heterocycles. The van der Waals surface area contributed by atoms with Crippen molar-refractivity contribution in [1.29, 1.82) is 0 Å². The minimum atomic E-state index is -1.50. The second kappa shape index (κ2) is 9.08. The fraction of sp³-hybridized carbons (Fsp3) is 0.100. The lowest BCUT2D eigenvalue weighted by atomic mass is 10.1. The summed E-state index contributed by atoms with van der Waals surface area (Å²) in [6, 6.07) is 14.9. The smallest absolute Gasteiger partial charge is 0.343 e. The van der Waals surface area contributed by atoms with Crippen LogP contribution in [0.5, 0.6) is 11.5 Å². The second-order valence-corrected chi connectivity index (χ2v) is 5.23. The summed E-state index contributed by atoms with van der Waals surface area (Å²) in [6.45, 7) is 0.399. The topological polar surface area (TPSA) is 93.1 Å². The standard InChI is InChI=1S/C20H18O6/c1-25-18-12-14(8-5-9-16(19(21)22)20(23)24)10-11-17(18)26-13-15-6-3-2-4-7-15/h2-12H,13H2,1H3,(H,21,22)(H,23,24)/b8-5+. The van der Waals surface area contributed by atoms with Crippen LogP contribution < -0.4 is 9.47 Å². The molecule has 0 unspecified atom stereocenters. The lowest BCUT2D eigenvalue weighted by molar-refractivity contribution is -0.140. The Labute approximate surface area is 150 Å². The van der Waals surface area contributed by atoms with Crippen LogP contribution in [0.25, 0.3) is 6.08 Å². The van der Waals surface area contributed by atoms with E-state index in [1.165, 1.54) is 13.2 Å². The number of methoxy groups -OCH3 is 1. The minimum Gasteiger partial charge on any atom is -0.493 e. The number of carbonyl (C=O) groups is 2. The zero-order chi connectivity index (χ0) is 18.9. The SMILES string of the molecule is COc1cc(/C=C/C=C(C(=O)O)C(=O)O)ccc1OCc1ccccc1. The lowest BCUT2D eigenvalue weighted by Gasteiger charge is -2.11. The van der Waals surface area contributed by atoms with Crippen LogP contribution >= 0.6 is 0 Å². The van der Waals surface area contributed by atoms with E-state index >= 15 is 0 Å². The molecule has 0 spiro atoms. The van der Waals surface area contributed by atoms with Crippen LogP contribution in [0.1, 0.15) is 11.1 Å². The Bertz CT molecular complexity index is 821. The first-order chi connectivity index (χ1) is 12.5. The van der Waals surface area contributed by atoms with Crippen LogP contribution in [-0.4, -0.2) is 29.3 Å². The van der Waals surface area contributed by atoms with E-state index in [0.717, 1.165) is 11.6 Å². The first-order valence-electron chi connectivity index (χ1n) is 7.71. The molecule has 2 aromatic carbocycles. The van der Waals surface area contributed by atoms with E-state index in [1.54, 1.807) is 24.3 Å². The number of allylic oxidation sites excluding steroid dienone is 2. The second-order valence-electron chi connectivity index (χ2n) is 5.23. The monoisotopic (exact) mass is 354 g/mol. The van der Waals surface area contributed by atoms with Gasteiger partial charge in [-0.1, -0.05) is 48.6 Å². The predicted molar refractivity (Wildman–Crippen MR) is 96.2 cm³/mol. The largest absolute Gasteiger partial charge is 0.493 e. The van der Waals surface area contributed by atoms with Gasteiger partial charge in [-0.3, -0.25) is 0 Å². The minimum absolute atomic E-state index is 0.399. The molecule has 2 aromatic rings. The number of carboxylic acids is 2. The van der Waals surface area contributed by atoms with Crippen LogP contribution in [0, 0.1) is 0 Å². The zero-order valence-corrected chi connectivity index (χ0v) is 14.1. The highest BCUT2D eigenvalue weighted by molar-refractivity contribution is 6.12. The maximum absolute atomic E-state index is 10.8. The average molecular weight is 354 g/mol. The molecule has 6 nitrogen and oxygen atoms in total. The van der Waals surface area contributed by atoms with Gasteiger partial charge in [0.05, 0.1) is 7.11 Å². The maximum Gasteiger partial charge on any atom is 0.343 e. The molecule has 0 fully saturated rings. The third-order valence-corrected chi connectivity index (χ3v) is 3.44. The van der Waals surface area contributed by atoms with Gasteiger partial charge in [0.15, 0.2) is 11.5 Å². The first-order valence-corrected chi connectivity index (χ1v) is 7.71. The Morgan fingerprint density at radius 2 is 1.69 bits per heavy atom. The van der Waals surface area contributed by atoms with Crippen molar-refractivity contribution in [1.82, 2.24) is 0 Å². The molecule has 26 heavy (non-hydrogen) atoms. The summed E-state index contributed by atoms with van der Waals surface area (Å²) >= 11 is 0. The number of ether oxygens (including phenoxy) is 2. The quantitative estimate of drug-likeness (QED) is 0.327. The van der Waals surface area contributed by atoms with Crippen LogP contribution in [0.4, 0.5) is 0 Å². The van der Waals surface area contributed by atoms with Gasteiger partial charge in [0.25, 0.3) is 0 Å². The molecule has 134 valence electrons. The van der Waals surface area contributed by atoms with Gasteiger partial charge in [0.1, 0.15) is 12.2 Å². The molecule has 2 N–H and O–H groups in total. The molecule has 0 atom stereocenters. The van der Waals surface area contributed by atoms with E-state index in [2.05, 4.69) is 0 Å². The first kappa shape index (κ1) is 18.8. The van der Waals surface area contributed by atoms with Gasteiger partial charge in [0.2, 0.25) is 0 Å². The van der Waals surface area contributed by atoms with Crippen molar-refractivity contribution < 1.29 is 29.3 Å². The van der Waals surface area contributed by atoms with E-state index in [4.69, 9.17) is 19.7 Å². The molecular weight excluding hydrogens is 336 g/mol. The zero-order valence-electron chi connectivity index (χ0n) is 14.1. The van der Waals surface area contributed by atoms with E-state index in [-0.39, 0.29) is 0 Å². The molecular formula is C20H18O6. The normalized spacial score (nSPS) is 10.3. The highest BCUT2D eigenvalue weighted by Crippen LogP contribution is 2.29. The summed E-state index contributed by atoms with van der Waals surface area (Å²) < 4.78 is 11.1. The summed E-state index contributed by atoms with van der Waals surface area (Å²) in [4.78, 5) is 21.6. The van der Waals surface area contributed by atoms with Crippen LogP contribution in [0.3, 0.4) is 0 Å². The summed E-state index contributed by atoms with van der Waals surface area (Å²) in [7, 11) is 1.52. The Morgan fingerprint density at radius 3 is 2.31 bits per heavy atom.